The number of thiophene rings is 1. The standard InChI is InChI=1S/C9H10BrNO2S/c1-13-9(12)6(5-11)4-7-2-3-8(10)14-7/h2-4H,5,11H2,1H3/b6-4-. The van der Waals surface area contributed by atoms with E-state index < -0.39 is 0 Å². The van der Waals surface area contributed by atoms with Gasteiger partial charge in [-0.25, -0.2) is 4.79 Å². The fraction of sp³-hybridized carbons (Fsp3) is 0.222. The summed E-state index contributed by atoms with van der Waals surface area (Å²) in [5.41, 5.74) is 5.90. The molecule has 0 radical (unpaired) electrons. The predicted octanol–water partition coefficient (Wildman–Crippen LogP) is 2.03. The summed E-state index contributed by atoms with van der Waals surface area (Å²) in [5.74, 6) is -0.378. The van der Waals surface area contributed by atoms with Crippen molar-refractivity contribution in [2.75, 3.05) is 13.7 Å². The van der Waals surface area contributed by atoms with Crippen molar-refractivity contribution >= 4 is 39.3 Å². The molecule has 0 saturated heterocycles. The zero-order valence-corrected chi connectivity index (χ0v) is 10.0. The number of methoxy groups -OCH3 is 1. The van der Waals surface area contributed by atoms with Gasteiger partial charge in [-0.3, -0.25) is 0 Å². The van der Waals surface area contributed by atoms with Crippen molar-refractivity contribution < 1.29 is 9.53 Å². The summed E-state index contributed by atoms with van der Waals surface area (Å²) in [7, 11) is 1.34. The zero-order chi connectivity index (χ0) is 10.6. The molecule has 2 N–H and O–H groups in total. The first-order chi connectivity index (χ1) is 6.67. The van der Waals surface area contributed by atoms with E-state index >= 15 is 0 Å². The van der Waals surface area contributed by atoms with E-state index in [-0.39, 0.29) is 12.5 Å². The van der Waals surface area contributed by atoms with Gasteiger partial charge in [0.2, 0.25) is 0 Å². The van der Waals surface area contributed by atoms with Crippen LogP contribution in [-0.4, -0.2) is 19.6 Å². The average Bonchev–Trinajstić information content (AvgIpc) is 2.59. The van der Waals surface area contributed by atoms with Crippen LogP contribution in [0.2, 0.25) is 0 Å². The van der Waals surface area contributed by atoms with Crippen molar-refractivity contribution in [1.82, 2.24) is 0 Å². The Morgan fingerprint density at radius 1 is 1.71 bits per heavy atom. The summed E-state index contributed by atoms with van der Waals surface area (Å²) in [6.07, 6.45) is 1.74. The maximum Gasteiger partial charge on any atom is 0.335 e. The summed E-state index contributed by atoms with van der Waals surface area (Å²) >= 11 is 4.88. The molecule has 0 fully saturated rings. The van der Waals surface area contributed by atoms with Crippen LogP contribution in [0.4, 0.5) is 0 Å². The van der Waals surface area contributed by atoms with E-state index in [0.29, 0.717) is 5.57 Å². The first-order valence-electron chi connectivity index (χ1n) is 3.91. The third-order valence-electron chi connectivity index (χ3n) is 1.58. The van der Waals surface area contributed by atoms with E-state index in [9.17, 15) is 4.79 Å². The van der Waals surface area contributed by atoms with Gasteiger partial charge in [0, 0.05) is 11.4 Å². The molecule has 1 rings (SSSR count). The first kappa shape index (κ1) is 11.4. The molecule has 3 nitrogen and oxygen atoms in total. The van der Waals surface area contributed by atoms with E-state index in [1.165, 1.54) is 18.4 Å². The summed E-state index contributed by atoms with van der Waals surface area (Å²) in [6.45, 7) is 0.183. The minimum absolute atomic E-state index is 0.183. The van der Waals surface area contributed by atoms with Crippen LogP contribution in [0.3, 0.4) is 0 Å². The smallest absolute Gasteiger partial charge is 0.335 e. The van der Waals surface area contributed by atoms with Crippen molar-refractivity contribution in [3.8, 4) is 0 Å². The summed E-state index contributed by atoms with van der Waals surface area (Å²) in [6, 6.07) is 3.83. The van der Waals surface area contributed by atoms with Gasteiger partial charge in [0.1, 0.15) is 0 Å². The molecule has 0 aliphatic heterocycles. The molecular formula is C9H10BrNO2S. The fourth-order valence-electron chi connectivity index (χ4n) is 0.910. The molecule has 1 heterocycles. The van der Waals surface area contributed by atoms with Crippen molar-refractivity contribution in [3.63, 3.8) is 0 Å². The van der Waals surface area contributed by atoms with E-state index in [0.717, 1.165) is 8.66 Å². The van der Waals surface area contributed by atoms with Crippen LogP contribution in [0.1, 0.15) is 4.88 Å². The number of nitrogens with two attached hydrogens (primary N) is 1. The largest absolute Gasteiger partial charge is 0.466 e. The molecule has 0 atom stereocenters. The topological polar surface area (TPSA) is 52.3 Å². The Morgan fingerprint density at radius 2 is 2.43 bits per heavy atom. The highest BCUT2D eigenvalue weighted by atomic mass is 79.9. The third-order valence-corrected chi connectivity index (χ3v) is 3.15. The molecule has 1 aromatic heterocycles. The maximum atomic E-state index is 11.2. The van der Waals surface area contributed by atoms with Crippen LogP contribution in [0.25, 0.3) is 6.08 Å². The second kappa shape index (κ2) is 5.29. The van der Waals surface area contributed by atoms with Gasteiger partial charge in [0.05, 0.1) is 16.5 Å². The quantitative estimate of drug-likeness (QED) is 0.679. The second-order valence-corrected chi connectivity index (χ2v) is 5.00. The average molecular weight is 276 g/mol. The first-order valence-corrected chi connectivity index (χ1v) is 5.52. The lowest BCUT2D eigenvalue weighted by molar-refractivity contribution is -0.136. The lowest BCUT2D eigenvalue weighted by Gasteiger charge is -2.00. The van der Waals surface area contributed by atoms with E-state index in [1.807, 2.05) is 12.1 Å². The predicted molar refractivity (Wildman–Crippen MR) is 61.1 cm³/mol. The highest BCUT2D eigenvalue weighted by molar-refractivity contribution is 9.11. The summed E-state index contributed by atoms with van der Waals surface area (Å²) in [5, 5.41) is 0. The molecule has 14 heavy (non-hydrogen) atoms. The Balaban J connectivity index is 2.88. The molecule has 0 aliphatic carbocycles. The molecule has 1 aromatic rings. The van der Waals surface area contributed by atoms with Crippen LogP contribution < -0.4 is 5.73 Å². The summed E-state index contributed by atoms with van der Waals surface area (Å²) < 4.78 is 5.61. The van der Waals surface area contributed by atoms with Gasteiger partial charge in [0.15, 0.2) is 0 Å². The summed E-state index contributed by atoms with van der Waals surface area (Å²) in [4.78, 5) is 12.2. The molecule has 76 valence electrons. The number of halogens is 1. The van der Waals surface area contributed by atoms with Gasteiger partial charge in [-0.2, -0.15) is 0 Å². The number of carbonyl (C=O) groups is 1. The minimum atomic E-state index is -0.378. The van der Waals surface area contributed by atoms with E-state index in [4.69, 9.17) is 5.73 Å². The molecular weight excluding hydrogens is 266 g/mol. The van der Waals surface area contributed by atoms with E-state index in [2.05, 4.69) is 20.7 Å². The van der Waals surface area contributed by atoms with Gasteiger partial charge in [-0.1, -0.05) is 0 Å². The van der Waals surface area contributed by atoms with Gasteiger partial charge in [-0.05, 0) is 34.1 Å². The van der Waals surface area contributed by atoms with Crippen molar-refractivity contribution in [2.45, 2.75) is 0 Å². The SMILES string of the molecule is COC(=O)/C(=C\c1ccc(Br)s1)CN. The van der Waals surface area contributed by atoms with Crippen LogP contribution in [0, 0.1) is 0 Å². The number of hydrogen-bond donors (Lipinski definition) is 1. The zero-order valence-electron chi connectivity index (χ0n) is 7.62. The fourth-order valence-corrected chi connectivity index (χ4v) is 2.30. The van der Waals surface area contributed by atoms with Gasteiger partial charge in [-0.15, -0.1) is 11.3 Å². The highest BCUT2D eigenvalue weighted by Crippen LogP contribution is 2.24. The van der Waals surface area contributed by atoms with Crippen molar-refractivity contribution in [1.29, 1.82) is 0 Å². The van der Waals surface area contributed by atoms with E-state index in [1.54, 1.807) is 6.08 Å². The highest BCUT2D eigenvalue weighted by Gasteiger charge is 2.07. The molecule has 0 spiro atoms. The molecule has 0 amide bonds. The van der Waals surface area contributed by atoms with Crippen LogP contribution >= 0.6 is 27.3 Å². The Hall–Kier alpha value is -0.650. The lowest BCUT2D eigenvalue weighted by atomic mass is 10.2. The minimum Gasteiger partial charge on any atom is -0.466 e. The van der Waals surface area contributed by atoms with Gasteiger partial charge < -0.3 is 10.5 Å². The number of carbonyl (C=O) groups excluding carboxylic acids is 1. The Kier molecular flexibility index (Phi) is 4.31. The molecule has 0 aliphatic rings. The van der Waals surface area contributed by atoms with Gasteiger partial charge >= 0.3 is 5.97 Å². The molecule has 0 aromatic carbocycles. The Morgan fingerprint density at radius 3 is 2.86 bits per heavy atom. The van der Waals surface area contributed by atoms with Crippen LogP contribution in [-0.2, 0) is 9.53 Å². The third kappa shape index (κ3) is 2.94. The maximum absolute atomic E-state index is 11.2. The van der Waals surface area contributed by atoms with Crippen LogP contribution in [0.5, 0.6) is 0 Å². The molecule has 5 heteroatoms. The number of ether oxygens (including phenoxy) is 1. The number of hydrogen-bond acceptors (Lipinski definition) is 4. The Labute approximate surface area is 94.7 Å². The van der Waals surface area contributed by atoms with Crippen molar-refractivity contribution in [2.24, 2.45) is 5.73 Å². The Bertz CT molecular complexity index is 359. The normalized spacial score (nSPS) is 11.5. The number of esters is 1. The lowest BCUT2D eigenvalue weighted by Crippen LogP contribution is -2.13. The second-order valence-electron chi connectivity index (χ2n) is 2.51. The molecule has 0 saturated carbocycles. The molecule has 0 unspecified atom stereocenters. The molecule has 0 bridgehead atoms. The number of rotatable bonds is 3. The van der Waals surface area contributed by atoms with Crippen molar-refractivity contribution in [3.05, 3.63) is 26.4 Å². The van der Waals surface area contributed by atoms with Crippen LogP contribution in [0.15, 0.2) is 21.5 Å². The monoisotopic (exact) mass is 275 g/mol. The van der Waals surface area contributed by atoms with Gasteiger partial charge in [0.25, 0.3) is 0 Å².